The molecule has 9 rings (SSSR count). The van der Waals surface area contributed by atoms with Crippen molar-refractivity contribution in [1.29, 1.82) is 0 Å². The van der Waals surface area contributed by atoms with E-state index in [-0.39, 0.29) is 35.8 Å². The van der Waals surface area contributed by atoms with Gasteiger partial charge in [-0.3, -0.25) is 4.79 Å². The molecule has 2 aromatic carbocycles. The van der Waals surface area contributed by atoms with Gasteiger partial charge in [0.1, 0.15) is 23.4 Å². The molecule has 8 atom stereocenters. The van der Waals surface area contributed by atoms with Gasteiger partial charge in [-0.15, -0.1) is 0 Å². The largest absolute Gasteiger partial charge is 0.506 e. The quantitative estimate of drug-likeness (QED) is 0.447. The van der Waals surface area contributed by atoms with Crippen molar-refractivity contribution in [2.24, 2.45) is 0 Å². The maximum Gasteiger partial charge on any atom is 0.279 e. The molecule has 46 heavy (non-hydrogen) atoms. The van der Waals surface area contributed by atoms with Crippen LogP contribution in [-0.2, 0) is 39.6 Å². The van der Waals surface area contributed by atoms with Gasteiger partial charge in [0, 0.05) is 35.4 Å². The number of likely N-dealkylation sites (N-methyl/N-ethyl adjacent to an activating group) is 1. The standard InChI is InChI=1S/C34H41NO11/c1-5-35-20-10-11-22(42-17(20)3)43-33-30-29(45-34(46-30,32(33)15-41-32)31-39-12-7-13-40-31)23-16(2)14-19-25(28(23)44-33)26(37)24-18(27(19)38-4)8-6-9-21(24)36/h14,17,20,22,29-31,35,37H,5-13,15H2,1-4H3/t17?,20?,22-,29?,30?,32?,33+,34-/m1/s1. The molecule has 0 saturated carbocycles. The third kappa shape index (κ3) is 3.64. The Bertz CT molecular complexity index is 1620. The number of hydrogen-bond donors (Lipinski definition) is 2. The van der Waals surface area contributed by atoms with Gasteiger partial charge in [-0.05, 0) is 57.7 Å². The Hall–Kier alpha value is -2.55. The number of aromatic hydroxyl groups is 1. The van der Waals surface area contributed by atoms with Crippen LogP contribution >= 0.6 is 0 Å². The van der Waals surface area contributed by atoms with Gasteiger partial charge in [0.2, 0.25) is 11.9 Å². The van der Waals surface area contributed by atoms with Crippen LogP contribution in [-0.4, -0.2) is 92.4 Å². The highest BCUT2D eigenvalue weighted by molar-refractivity contribution is 6.11. The number of ether oxygens (including phenoxy) is 9. The van der Waals surface area contributed by atoms with Gasteiger partial charge in [-0.1, -0.05) is 6.92 Å². The molecule has 5 saturated heterocycles. The summed E-state index contributed by atoms with van der Waals surface area (Å²) in [7, 11) is 1.59. The monoisotopic (exact) mass is 639 g/mol. The third-order valence-corrected chi connectivity index (χ3v) is 11.0. The summed E-state index contributed by atoms with van der Waals surface area (Å²) in [6, 6.07) is 2.17. The van der Waals surface area contributed by atoms with E-state index in [1.54, 1.807) is 7.11 Å². The molecule has 5 unspecified atom stereocenters. The van der Waals surface area contributed by atoms with E-state index in [0.717, 1.165) is 30.5 Å². The second-order valence-corrected chi connectivity index (χ2v) is 13.6. The summed E-state index contributed by atoms with van der Waals surface area (Å²) >= 11 is 0. The Labute approximate surface area is 266 Å². The minimum Gasteiger partial charge on any atom is -0.506 e. The first-order valence-electron chi connectivity index (χ1n) is 16.7. The van der Waals surface area contributed by atoms with Crippen LogP contribution in [0.5, 0.6) is 17.2 Å². The first kappa shape index (κ1) is 29.6. The maximum atomic E-state index is 13.3. The van der Waals surface area contributed by atoms with E-state index in [0.29, 0.717) is 66.7 Å². The molecule has 5 fully saturated rings. The van der Waals surface area contributed by atoms with Crippen molar-refractivity contribution in [3.63, 3.8) is 0 Å². The zero-order valence-corrected chi connectivity index (χ0v) is 26.6. The van der Waals surface area contributed by atoms with E-state index < -0.39 is 42.0 Å². The molecule has 248 valence electrons. The Morgan fingerprint density at radius 1 is 1.13 bits per heavy atom. The highest BCUT2D eigenvalue weighted by Crippen LogP contribution is 2.72. The Morgan fingerprint density at radius 2 is 1.93 bits per heavy atom. The zero-order valence-electron chi connectivity index (χ0n) is 26.6. The smallest absolute Gasteiger partial charge is 0.279 e. The summed E-state index contributed by atoms with van der Waals surface area (Å²) in [5.41, 5.74) is 1.33. The predicted octanol–water partition coefficient (Wildman–Crippen LogP) is 3.69. The van der Waals surface area contributed by atoms with Gasteiger partial charge < -0.3 is 53.1 Å². The lowest BCUT2D eigenvalue weighted by Gasteiger charge is -2.51. The molecule has 7 aliphatic rings. The molecular weight excluding hydrogens is 598 g/mol. The normalized spacial score (nSPS) is 39.4. The molecule has 12 nitrogen and oxygen atoms in total. The average Bonchev–Trinajstić information content (AvgIpc) is 3.71. The topological polar surface area (TPSA) is 136 Å². The molecule has 1 spiro atoms. The molecule has 0 aromatic heterocycles. The molecule has 2 N–H and O–H groups in total. The van der Waals surface area contributed by atoms with Gasteiger partial charge in [0.15, 0.2) is 18.2 Å². The lowest BCUT2D eigenvalue weighted by Crippen LogP contribution is -2.71. The van der Waals surface area contributed by atoms with E-state index in [4.69, 9.17) is 42.6 Å². The van der Waals surface area contributed by atoms with E-state index in [1.807, 2.05) is 19.9 Å². The van der Waals surface area contributed by atoms with Crippen molar-refractivity contribution in [3.05, 3.63) is 28.3 Å². The van der Waals surface area contributed by atoms with E-state index in [9.17, 15) is 9.90 Å². The summed E-state index contributed by atoms with van der Waals surface area (Å²) in [5, 5.41) is 16.5. The van der Waals surface area contributed by atoms with Crippen molar-refractivity contribution in [2.45, 2.75) is 113 Å². The van der Waals surface area contributed by atoms with Gasteiger partial charge >= 0.3 is 0 Å². The number of hydrogen-bond acceptors (Lipinski definition) is 12. The third-order valence-electron chi connectivity index (χ3n) is 11.0. The van der Waals surface area contributed by atoms with E-state index in [1.165, 1.54) is 0 Å². The number of fused-ring (bicyclic) bond motifs is 8. The van der Waals surface area contributed by atoms with Crippen LogP contribution in [0.4, 0.5) is 0 Å². The number of carbonyl (C=O) groups is 1. The number of epoxide rings is 1. The van der Waals surface area contributed by atoms with Crippen molar-refractivity contribution >= 4 is 16.6 Å². The minimum atomic E-state index is -1.54. The lowest BCUT2D eigenvalue weighted by atomic mass is 9.78. The van der Waals surface area contributed by atoms with Crippen molar-refractivity contribution < 1.29 is 52.5 Å². The highest BCUT2D eigenvalue weighted by atomic mass is 16.9. The summed E-state index contributed by atoms with van der Waals surface area (Å²) in [5.74, 6) is -2.31. The van der Waals surface area contributed by atoms with Crippen LogP contribution in [0.3, 0.4) is 0 Å². The van der Waals surface area contributed by atoms with Crippen LogP contribution in [0.15, 0.2) is 6.07 Å². The number of phenolic OH excluding ortho intramolecular Hbond substituents is 1. The van der Waals surface area contributed by atoms with Crippen LogP contribution in [0.25, 0.3) is 10.8 Å². The number of ketones is 1. The fourth-order valence-corrected chi connectivity index (χ4v) is 8.95. The molecule has 2 aromatic rings. The number of aryl methyl sites for hydroxylation is 1. The fourth-order valence-electron chi connectivity index (χ4n) is 8.95. The van der Waals surface area contributed by atoms with Gasteiger partial charge in [0.05, 0.1) is 44.0 Å². The molecule has 6 heterocycles. The number of methoxy groups -OCH3 is 1. The summed E-state index contributed by atoms with van der Waals surface area (Å²) in [4.78, 5) is 13.3. The number of nitrogens with one attached hydrogen (secondary N) is 1. The number of carbonyl (C=O) groups excluding carboxylic acids is 1. The van der Waals surface area contributed by atoms with Crippen molar-refractivity contribution in [2.75, 3.05) is 33.5 Å². The fraction of sp³-hybridized carbons (Fsp3) is 0.676. The van der Waals surface area contributed by atoms with E-state index >= 15 is 0 Å². The Kier molecular flexibility index (Phi) is 6.58. The van der Waals surface area contributed by atoms with Crippen LogP contribution in [0.2, 0.25) is 0 Å². The first-order chi connectivity index (χ1) is 22.3. The molecule has 2 bridgehead atoms. The predicted molar refractivity (Wildman–Crippen MR) is 160 cm³/mol. The number of rotatable bonds is 6. The molecule has 12 heteroatoms. The summed E-state index contributed by atoms with van der Waals surface area (Å²) < 4.78 is 58.9. The number of phenols is 1. The molecule has 0 radical (unpaired) electrons. The molecule has 1 aliphatic carbocycles. The second kappa shape index (κ2) is 10.2. The Balaban J connectivity index is 1.24. The summed E-state index contributed by atoms with van der Waals surface area (Å²) in [6.45, 7) is 8.12. The Morgan fingerprint density at radius 3 is 2.65 bits per heavy atom. The average molecular weight is 640 g/mol. The van der Waals surface area contributed by atoms with Crippen LogP contribution in [0, 0.1) is 6.92 Å². The lowest BCUT2D eigenvalue weighted by molar-refractivity contribution is -0.385. The number of benzene rings is 2. The number of Topliss-reactive ketones (excluding diaryl/α,β-unsaturated/α-hetero) is 1. The van der Waals surface area contributed by atoms with Gasteiger partial charge in [-0.25, -0.2) is 0 Å². The van der Waals surface area contributed by atoms with Gasteiger partial charge in [-0.2, -0.15) is 0 Å². The van der Waals surface area contributed by atoms with E-state index in [2.05, 4.69) is 12.2 Å². The van der Waals surface area contributed by atoms with Gasteiger partial charge in [0.25, 0.3) is 11.6 Å². The second-order valence-electron chi connectivity index (χ2n) is 13.6. The van der Waals surface area contributed by atoms with Crippen molar-refractivity contribution in [3.8, 4) is 17.2 Å². The van der Waals surface area contributed by atoms with Crippen LogP contribution < -0.4 is 14.8 Å². The summed E-state index contributed by atoms with van der Waals surface area (Å²) in [6.07, 6.45) is 0.854. The molecular formula is C34H41NO11. The molecule has 6 aliphatic heterocycles. The first-order valence-corrected chi connectivity index (χ1v) is 16.7. The zero-order chi connectivity index (χ0) is 31.6. The SMILES string of the molecule is CCNC1CC[C@@H](O[C@]23Oc4c(c(C)cc5c(OC)c6c(c(O)c45)C(=O)CCC6)C4O[C@](C5OCCCO5)(OC42)C32CO2)OC1C. The van der Waals surface area contributed by atoms with Crippen LogP contribution in [0.1, 0.15) is 79.1 Å². The molecule has 0 amide bonds. The maximum absolute atomic E-state index is 13.3. The minimum absolute atomic E-state index is 0.110. The van der Waals surface area contributed by atoms with Crippen molar-refractivity contribution in [1.82, 2.24) is 5.32 Å². The highest BCUT2D eigenvalue weighted by Gasteiger charge is 2.94.